The Labute approximate surface area is 107 Å². The fourth-order valence-electron chi connectivity index (χ4n) is 1.16. The molecule has 0 aliphatic rings. The maximum absolute atomic E-state index is 11.9. The Hall–Kier alpha value is -1.43. The summed E-state index contributed by atoms with van der Waals surface area (Å²) in [5.74, 6) is -1.58. The van der Waals surface area contributed by atoms with Gasteiger partial charge in [-0.15, -0.1) is 0 Å². The number of nitrogens with one attached hydrogen (secondary N) is 1. The number of pyridine rings is 1. The first-order chi connectivity index (χ1) is 7.90. The summed E-state index contributed by atoms with van der Waals surface area (Å²) in [5, 5.41) is 11.5. The topological polar surface area (TPSA) is 79.3 Å². The van der Waals surface area contributed by atoms with Crippen molar-refractivity contribution in [2.45, 2.75) is 25.8 Å². The van der Waals surface area contributed by atoms with Crippen LogP contribution in [-0.4, -0.2) is 27.5 Å². The molecule has 1 aromatic heterocycles. The summed E-state index contributed by atoms with van der Waals surface area (Å²) in [6, 6.07) is 3.35. The van der Waals surface area contributed by atoms with Gasteiger partial charge in [-0.1, -0.05) is 6.92 Å². The first kappa shape index (κ1) is 13.6. The number of hydrogen-bond acceptors (Lipinski definition) is 3. The Morgan fingerprint density at radius 2 is 2.24 bits per heavy atom. The minimum absolute atomic E-state index is 0.174. The zero-order chi connectivity index (χ0) is 13.1. The molecule has 1 rings (SSSR count). The van der Waals surface area contributed by atoms with Crippen molar-refractivity contribution in [2.75, 3.05) is 0 Å². The summed E-state index contributed by atoms with van der Waals surface area (Å²) in [4.78, 5) is 26.8. The Balaban J connectivity index is 2.93. The van der Waals surface area contributed by atoms with E-state index in [1.807, 2.05) is 0 Å². The van der Waals surface area contributed by atoms with Crippen molar-refractivity contribution in [1.29, 1.82) is 0 Å². The highest BCUT2D eigenvalue weighted by Gasteiger charge is 2.33. The number of aliphatic carboxylic acids is 1. The van der Waals surface area contributed by atoms with Gasteiger partial charge in [0.15, 0.2) is 0 Å². The van der Waals surface area contributed by atoms with Crippen molar-refractivity contribution in [3.8, 4) is 0 Å². The summed E-state index contributed by atoms with van der Waals surface area (Å²) in [5.41, 5.74) is -1.11. The molecule has 0 bridgehead atoms. The van der Waals surface area contributed by atoms with Crippen LogP contribution in [0, 0.1) is 0 Å². The lowest BCUT2D eigenvalue weighted by molar-refractivity contribution is -0.143. The molecule has 0 spiro atoms. The molecule has 0 aliphatic carbocycles. The lowest BCUT2D eigenvalue weighted by atomic mass is 9.99. The summed E-state index contributed by atoms with van der Waals surface area (Å²) in [7, 11) is 0. The molecule has 6 heteroatoms. The van der Waals surface area contributed by atoms with E-state index < -0.39 is 17.4 Å². The van der Waals surface area contributed by atoms with Gasteiger partial charge < -0.3 is 10.4 Å². The van der Waals surface area contributed by atoms with E-state index in [9.17, 15) is 9.59 Å². The molecule has 0 aliphatic heterocycles. The summed E-state index contributed by atoms with van der Waals surface area (Å²) in [6.07, 6.45) is 1.77. The number of nitrogens with zero attached hydrogens (tertiary/aromatic N) is 1. The van der Waals surface area contributed by atoms with Crippen LogP contribution in [0.15, 0.2) is 22.8 Å². The second kappa shape index (κ2) is 5.27. The average molecular weight is 301 g/mol. The number of hydrogen-bond donors (Lipinski definition) is 2. The molecule has 1 atom stereocenters. The zero-order valence-electron chi connectivity index (χ0n) is 9.53. The molecule has 1 heterocycles. The number of carboxylic acids is 1. The summed E-state index contributed by atoms with van der Waals surface area (Å²) in [6.45, 7) is 3.16. The molecule has 1 aromatic rings. The number of amides is 1. The van der Waals surface area contributed by atoms with Crippen molar-refractivity contribution in [3.05, 3.63) is 28.5 Å². The highest BCUT2D eigenvalue weighted by molar-refractivity contribution is 9.10. The van der Waals surface area contributed by atoms with Gasteiger partial charge in [-0.3, -0.25) is 4.79 Å². The number of carbonyl (C=O) groups excluding carboxylic acids is 1. The molecule has 1 unspecified atom stereocenters. The second-order valence-corrected chi connectivity index (χ2v) is 4.63. The van der Waals surface area contributed by atoms with Crippen molar-refractivity contribution in [2.24, 2.45) is 0 Å². The highest BCUT2D eigenvalue weighted by atomic mass is 79.9. The minimum atomic E-state index is -1.28. The van der Waals surface area contributed by atoms with Gasteiger partial charge in [0.2, 0.25) is 0 Å². The van der Waals surface area contributed by atoms with Crippen molar-refractivity contribution < 1.29 is 14.7 Å². The van der Waals surface area contributed by atoms with Crippen LogP contribution in [0.25, 0.3) is 0 Å². The molecule has 17 heavy (non-hydrogen) atoms. The highest BCUT2D eigenvalue weighted by Crippen LogP contribution is 2.16. The molecule has 0 fully saturated rings. The molecule has 1 amide bonds. The van der Waals surface area contributed by atoms with Gasteiger partial charge in [0, 0.05) is 10.7 Å². The van der Waals surface area contributed by atoms with Crippen LogP contribution in [0.3, 0.4) is 0 Å². The van der Waals surface area contributed by atoms with Crippen LogP contribution in [0.5, 0.6) is 0 Å². The number of halogens is 1. The maximum atomic E-state index is 11.9. The Morgan fingerprint density at radius 3 is 2.71 bits per heavy atom. The summed E-state index contributed by atoms with van der Waals surface area (Å²) >= 11 is 3.19. The number of carboxylic acid groups (broad SMARTS) is 1. The van der Waals surface area contributed by atoms with E-state index >= 15 is 0 Å². The standard InChI is InChI=1S/C11H13BrN2O3/c1-3-11(2,10(16)17)14-9(15)8-7(12)5-4-6-13-8/h4-6H,3H2,1-2H3,(H,14,15)(H,16,17). The van der Waals surface area contributed by atoms with Gasteiger partial charge in [0.1, 0.15) is 11.2 Å². The van der Waals surface area contributed by atoms with Crippen LogP contribution in [-0.2, 0) is 4.79 Å². The summed E-state index contributed by atoms with van der Waals surface area (Å²) < 4.78 is 0.529. The largest absolute Gasteiger partial charge is 0.480 e. The molecule has 0 saturated carbocycles. The molecule has 2 N–H and O–H groups in total. The van der Waals surface area contributed by atoms with E-state index in [2.05, 4.69) is 26.2 Å². The van der Waals surface area contributed by atoms with Crippen LogP contribution in [0.2, 0.25) is 0 Å². The van der Waals surface area contributed by atoms with E-state index in [1.54, 1.807) is 19.1 Å². The van der Waals surface area contributed by atoms with E-state index in [0.717, 1.165) is 0 Å². The van der Waals surface area contributed by atoms with E-state index in [0.29, 0.717) is 10.9 Å². The van der Waals surface area contributed by atoms with Crippen molar-refractivity contribution in [3.63, 3.8) is 0 Å². The second-order valence-electron chi connectivity index (χ2n) is 3.78. The quantitative estimate of drug-likeness (QED) is 0.889. The lowest BCUT2D eigenvalue weighted by Gasteiger charge is -2.24. The van der Waals surface area contributed by atoms with Gasteiger partial charge in [0.25, 0.3) is 5.91 Å². The Bertz CT molecular complexity index is 450. The fourth-order valence-corrected chi connectivity index (χ4v) is 1.59. The predicted molar refractivity (Wildman–Crippen MR) is 65.7 cm³/mol. The molecular weight excluding hydrogens is 288 g/mol. The number of carbonyl (C=O) groups is 2. The van der Waals surface area contributed by atoms with Gasteiger partial charge in [-0.25, -0.2) is 9.78 Å². The predicted octanol–water partition coefficient (Wildman–Crippen LogP) is 1.83. The third-order valence-electron chi connectivity index (χ3n) is 2.54. The lowest BCUT2D eigenvalue weighted by Crippen LogP contribution is -2.51. The molecular formula is C11H13BrN2O3. The van der Waals surface area contributed by atoms with Crippen molar-refractivity contribution in [1.82, 2.24) is 10.3 Å². The normalized spacial score (nSPS) is 13.8. The third kappa shape index (κ3) is 3.03. The van der Waals surface area contributed by atoms with Gasteiger partial charge in [0.05, 0.1) is 0 Å². The monoisotopic (exact) mass is 300 g/mol. The van der Waals surface area contributed by atoms with E-state index in [-0.39, 0.29) is 5.69 Å². The Kier molecular flexibility index (Phi) is 4.22. The van der Waals surface area contributed by atoms with Gasteiger partial charge in [-0.2, -0.15) is 0 Å². The SMILES string of the molecule is CCC(C)(NC(=O)c1ncccc1Br)C(=O)O. The fraction of sp³-hybridized carbons (Fsp3) is 0.364. The number of rotatable bonds is 4. The van der Waals surface area contributed by atoms with E-state index in [1.165, 1.54) is 13.1 Å². The van der Waals surface area contributed by atoms with Gasteiger partial charge in [-0.05, 0) is 41.4 Å². The Morgan fingerprint density at radius 1 is 1.59 bits per heavy atom. The minimum Gasteiger partial charge on any atom is -0.480 e. The van der Waals surface area contributed by atoms with Crippen LogP contribution >= 0.6 is 15.9 Å². The zero-order valence-corrected chi connectivity index (χ0v) is 11.1. The molecule has 0 aromatic carbocycles. The van der Waals surface area contributed by atoms with Gasteiger partial charge >= 0.3 is 5.97 Å². The third-order valence-corrected chi connectivity index (χ3v) is 3.18. The average Bonchev–Trinajstić information content (AvgIpc) is 2.29. The molecule has 0 saturated heterocycles. The maximum Gasteiger partial charge on any atom is 0.329 e. The van der Waals surface area contributed by atoms with Crippen LogP contribution < -0.4 is 5.32 Å². The molecule has 92 valence electrons. The number of aromatic nitrogens is 1. The molecule has 0 radical (unpaired) electrons. The molecule has 5 nitrogen and oxygen atoms in total. The van der Waals surface area contributed by atoms with Crippen molar-refractivity contribution >= 4 is 27.8 Å². The smallest absolute Gasteiger partial charge is 0.329 e. The first-order valence-electron chi connectivity index (χ1n) is 5.07. The van der Waals surface area contributed by atoms with Crippen LogP contribution in [0.4, 0.5) is 0 Å². The van der Waals surface area contributed by atoms with E-state index in [4.69, 9.17) is 5.11 Å². The first-order valence-corrected chi connectivity index (χ1v) is 5.86. The van der Waals surface area contributed by atoms with Crippen LogP contribution in [0.1, 0.15) is 30.8 Å².